The molecule has 0 bridgehead atoms. The number of hydrogen-bond donors (Lipinski definition) is 0. The van der Waals surface area contributed by atoms with E-state index < -0.39 is 11.1 Å². The van der Waals surface area contributed by atoms with Crippen molar-refractivity contribution in [2.24, 2.45) is 0 Å². The first-order valence-electron chi connectivity index (χ1n) is 9.37. The van der Waals surface area contributed by atoms with Crippen LogP contribution >= 0.6 is 11.8 Å². The predicted octanol–water partition coefficient (Wildman–Crippen LogP) is 3.39. The molecule has 1 aliphatic heterocycles. The Morgan fingerprint density at radius 3 is 2.32 bits per heavy atom. The molecule has 0 unspecified atom stereocenters. The van der Waals surface area contributed by atoms with Gasteiger partial charge in [-0.3, -0.25) is 19.3 Å². The number of nitrogens with zero attached hydrogens (tertiary/aromatic N) is 2. The van der Waals surface area contributed by atoms with Crippen LogP contribution in [0.4, 0.5) is 4.79 Å². The Hall–Kier alpha value is -2.48. The molecular weight excluding hydrogens is 380 g/mol. The lowest BCUT2D eigenvalue weighted by atomic mass is 10.2. The van der Waals surface area contributed by atoms with Crippen molar-refractivity contribution in [3.05, 3.63) is 28.7 Å². The van der Waals surface area contributed by atoms with E-state index in [1.165, 1.54) is 0 Å². The third kappa shape index (κ3) is 5.07. The van der Waals surface area contributed by atoms with Gasteiger partial charge in [-0.1, -0.05) is 6.07 Å². The van der Waals surface area contributed by atoms with Crippen molar-refractivity contribution in [1.29, 1.82) is 0 Å². The monoisotopic (exact) mass is 406 g/mol. The topological polar surface area (TPSA) is 76.2 Å². The lowest BCUT2D eigenvalue weighted by Gasteiger charge is -2.21. The van der Waals surface area contributed by atoms with Gasteiger partial charge in [-0.25, -0.2) is 0 Å². The molecule has 0 aliphatic carbocycles. The highest BCUT2D eigenvalue weighted by Gasteiger charge is 2.36. The van der Waals surface area contributed by atoms with E-state index >= 15 is 0 Å². The van der Waals surface area contributed by atoms with Gasteiger partial charge >= 0.3 is 0 Å². The van der Waals surface area contributed by atoms with E-state index in [1.807, 2.05) is 27.7 Å². The Bertz CT molecular complexity index is 774. The van der Waals surface area contributed by atoms with Crippen molar-refractivity contribution < 1.29 is 23.9 Å². The molecule has 0 N–H and O–H groups in total. The number of amides is 3. The Labute approximate surface area is 169 Å². The van der Waals surface area contributed by atoms with Gasteiger partial charge < -0.3 is 14.4 Å². The fraction of sp³-hybridized carbons (Fsp3) is 0.450. The van der Waals surface area contributed by atoms with Crippen molar-refractivity contribution in [1.82, 2.24) is 9.80 Å². The van der Waals surface area contributed by atoms with Crippen LogP contribution < -0.4 is 9.47 Å². The van der Waals surface area contributed by atoms with Crippen LogP contribution in [0.1, 0.15) is 33.3 Å². The van der Waals surface area contributed by atoms with Crippen LogP contribution in [-0.2, 0) is 9.59 Å². The first-order valence-corrected chi connectivity index (χ1v) is 10.2. The molecule has 1 heterocycles. The van der Waals surface area contributed by atoms with Crippen LogP contribution in [0, 0.1) is 0 Å². The fourth-order valence-corrected chi connectivity index (χ4v) is 3.60. The molecule has 1 aliphatic rings. The maximum atomic E-state index is 12.6. The Kier molecular flexibility index (Phi) is 7.92. The molecule has 7 nitrogen and oxygen atoms in total. The van der Waals surface area contributed by atoms with Crippen molar-refractivity contribution in [3.8, 4) is 11.5 Å². The van der Waals surface area contributed by atoms with Gasteiger partial charge in [0, 0.05) is 13.1 Å². The molecule has 0 radical (unpaired) electrons. The Morgan fingerprint density at radius 2 is 1.71 bits per heavy atom. The fourth-order valence-electron chi connectivity index (χ4n) is 2.76. The molecule has 152 valence electrons. The lowest BCUT2D eigenvalue weighted by Crippen LogP contribution is -2.41. The number of ether oxygens (including phenoxy) is 2. The van der Waals surface area contributed by atoms with E-state index in [4.69, 9.17) is 9.47 Å². The zero-order valence-electron chi connectivity index (χ0n) is 16.7. The predicted molar refractivity (Wildman–Crippen MR) is 109 cm³/mol. The van der Waals surface area contributed by atoms with Gasteiger partial charge in [-0.05, 0) is 63.2 Å². The number of likely N-dealkylation sites (N-methyl/N-ethyl adjacent to an activating group) is 1. The molecule has 1 aromatic rings. The van der Waals surface area contributed by atoms with E-state index in [0.29, 0.717) is 43.4 Å². The van der Waals surface area contributed by atoms with Gasteiger partial charge in [0.05, 0.1) is 18.1 Å². The summed E-state index contributed by atoms with van der Waals surface area (Å²) < 4.78 is 11.1. The van der Waals surface area contributed by atoms with Crippen LogP contribution in [0.2, 0.25) is 0 Å². The molecule has 3 amide bonds. The van der Waals surface area contributed by atoms with Crippen molar-refractivity contribution >= 4 is 34.9 Å². The SMILES string of the molecule is CCOc1ccc(/C=C2\SC(=O)N(CC(=O)N(CC)CC)C2=O)cc1OCC. The second-order valence-corrected chi connectivity index (χ2v) is 6.90. The normalized spacial score (nSPS) is 15.3. The van der Waals surface area contributed by atoms with Crippen molar-refractivity contribution in [2.45, 2.75) is 27.7 Å². The van der Waals surface area contributed by atoms with Crippen molar-refractivity contribution in [3.63, 3.8) is 0 Å². The Balaban J connectivity index is 2.21. The standard InChI is InChI=1S/C20H26N2O5S/c1-5-21(6-2)18(23)13-22-19(24)17(28-20(22)25)12-14-9-10-15(26-7-3)16(11-14)27-8-4/h9-12H,5-8,13H2,1-4H3/b17-12-. The molecule has 0 aromatic heterocycles. The van der Waals surface area contributed by atoms with E-state index in [1.54, 1.807) is 29.2 Å². The molecular formula is C20H26N2O5S. The van der Waals surface area contributed by atoms with Crippen LogP contribution in [0.3, 0.4) is 0 Å². The summed E-state index contributed by atoms with van der Waals surface area (Å²) in [4.78, 5) is 40.0. The average molecular weight is 407 g/mol. The van der Waals surface area contributed by atoms with Gasteiger partial charge in [0.25, 0.3) is 11.1 Å². The molecule has 8 heteroatoms. The van der Waals surface area contributed by atoms with Gasteiger partial charge in [-0.2, -0.15) is 0 Å². The van der Waals surface area contributed by atoms with Crippen LogP contribution in [0.15, 0.2) is 23.1 Å². The summed E-state index contributed by atoms with van der Waals surface area (Å²) in [7, 11) is 0. The molecule has 28 heavy (non-hydrogen) atoms. The lowest BCUT2D eigenvalue weighted by molar-refractivity contribution is -0.135. The summed E-state index contributed by atoms with van der Waals surface area (Å²) in [6.07, 6.45) is 1.63. The maximum absolute atomic E-state index is 12.6. The first-order chi connectivity index (χ1) is 13.4. The molecule has 0 spiro atoms. The highest BCUT2D eigenvalue weighted by molar-refractivity contribution is 8.18. The molecule has 1 saturated heterocycles. The van der Waals surface area contributed by atoms with Gasteiger partial charge in [-0.15, -0.1) is 0 Å². The summed E-state index contributed by atoms with van der Waals surface area (Å²) in [5, 5.41) is -0.437. The molecule has 2 rings (SSSR count). The maximum Gasteiger partial charge on any atom is 0.294 e. The molecule has 1 aromatic carbocycles. The molecule has 0 saturated carbocycles. The quantitative estimate of drug-likeness (QED) is 0.585. The zero-order chi connectivity index (χ0) is 20.7. The van der Waals surface area contributed by atoms with Crippen LogP contribution in [0.25, 0.3) is 6.08 Å². The van der Waals surface area contributed by atoms with Crippen molar-refractivity contribution in [2.75, 3.05) is 32.8 Å². The first kappa shape index (κ1) is 21.8. The third-order valence-electron chi connectivity index (χ3n) is 4.15. The van der Waals surface area contributed by atoms with Gasteiger partial charge in [0.15, 0.2) is 11.5 Å². The minimum absolute atomic E-state index is 0.239. The summed E-state index contributed by atoms with van der Waals surface area (Å²) >= 11 is 0.835. The number of benzene rings is 1. The van der Waals surface area contributed by atoms with E-state index in [2.05, 4.69) is 0 Å². The summed E-state index contributed by atoms with van der Waals surface area (Å²) in [6.45, 7) is 9.30. The van der Waals surface area contributed by atoms with E-state index in [0.717, 1.165) is 16.7 Å². The number of imide groups is 1. The highest BCUT2D eigenvalue weighted by atomic mass is 32.2. The number of carbonyl (C=O) groups excluding carboxylic acids is 3. The average Bonchev–Trinajstić information content (AvgIpc) is 2.92. The van der Waals surface area contributed by atoms with E-state index in [9.17, 15) is 14.4 Å². The Morgan fingerprint density at radius 1 is 1.07 bits per heavy atom. The summed E-state index contributed by atoms with van der Waals surface area (Å²) in [6, 6.07) is 5.33. The number of carbonyl (C=O) groups is 3. The second-order valence-electron chi connectivity index (χ2n) is 5.91. The molecule has 0 atom stereocenters. The minimum Gasteiger partial charge on any atom is -0.490 e. The van der Waals surface area contributed by atoms with Crippen LogP contribution in [-0.4, -0.2) is 59.7 Å². The van der Waals surface area contributed by atoms with Crippen LogP contribution in [0.5, 0.6) is 11.5 Å². The number of rotatable bonds is 9. The number of hydrogen-bond acceptors (Lipinski definition) is 6. The van der Waals surface area contributed by atoms with Gasteiger partial charge in [0.2, 0.25) is 5.91 Å². The smallest absolute Gasteiger partial charge is 0.294 e. The largest absolute Gasteiger partial charge is 0.490 e. The summed E-state index contributed by atoms with van der Waals surface area (Å²) in [5.41, 5.74) is 0.715. The third-order valence-corrected chi connectivity index (χ3v) is 5.06. The highest BCUT2D eigenvalue weighted by Crippen LogP contribution is 2.34. The minimum atomic E-state index is -0.456. The summed E-state index contributed by atoms with van der Waals surface area (Å²) in [5.74, 6) is 0.504. The molecule has 1 fully saturated rings. The van der Waals surface area contributed by atoms with Gasteiger partial charge in [0.1, 0.15) is 6.54 Å². The second kappa shape index (κ2) is 10.2. The number of thioether (sulfide) groups is 1. The zero-order valence-corrected chi connectivity index (χ0v) is 17.5. The van der Waals surface area contributed by atoms with E-state index in [-0.39, 0.29) is 17.4 Å².